The van der Waals surface area contributed by atoms with Gasteiger partial charge in [-0.15, -0.1) is 0 Å². The molecule has 0 aromatic carbocycles. The predicted molar refractivity (Wildman–Crippen MR) is 50.6 cm³/mol. The van der Waals surface area contributed by atoms with E-state index < -0.39 is 23.8 Å². The van der Waals surface area contributed by atoms with Gasteiger partial charge < -0.3 is 14.1 Å². The van der Waals surface area contributed by atoms with Gasteiger partial charge in [-0.2, -0.15) is 0 Å². The lowest BCUT2D eigenvalue weighted by Gasteiger charge is -1.91. The second-order valence-electron chi connectivity index (χ2n) is 3.26. The van der Waals surface area contributed by atoms with Gasteiger partial charge in [0, 0.05) is 13.2 Å². The van der Waals surface area contributed by atoms with Gasteiger partial charge in [-0.3, -0.25) is 0 Å². The number of nitrogens with zero attached hydrogens (tertiary/aromatic N) is 3. The maximum atomic E-state index is 12.5. The van der Waals surface area contributed by atoms with E-state index in [1.54, 1.807) is 11.6 Å². The molecule has 0 saturated heterocycles. The first kappa shape index (κ1) is 11.2. The molecule has 1 N–H and O–H groups in total. The molecule has 0 amide bonds. The van der Waals surface area contributed by atoms with Crippen molar-refractivity contribution in [3.63, 3.8) is 0 Å². The van der Waals surface area contributed by atoms with Crippen LogP contribution >= 0.6 is 0 Å². The van der Waals surface area contributed by atoms with Crippen LogP contribution in [0.3, 0.4) is 0 Å². The Morgan fingerprint density at radius 2 is 2.29 bits per heavy atom. The van der Waals surface area contributed by atoms with Crippen LogP contribution in [0.1, 0.15) is 22.7 Å². The number of rotatable bonds is 3. The van der Waals surface area contributed by atoms with Crippen LogP contribution in [-0.2, 0) is 7.05 Å². The molecule has 2 aromatic heterocycles. The summed E-state index contributed by atoms with van der Waals surface area (Å²) in [5.41, 5.74) is -0.694. The summed E-state index contributed by atoms with van der Waals surface area (Å²) in [5, 5.41) is 8.69. The number of carboxylic acid groups (broad SMARTS) is 1. The van der Waals surface area contributed by atoms with Crippen LogP contribution in [0.5, 0.6) is 0 Å². The largest absolute Gasteiger partial charge is 0.475 e. The average Bonchev–Trinajstić information content (AvgIpc) is 2.82. The Bertz CT molecular complexity index is 562. The maximum absolute atomic E-state index is 12.5. The van der Waals surface area contributed by atoms with Gasteiger partial charge in [-0.25, -0.2) is 23.5 Å². The average molecular weight is 243 g/mol. The number of aromatic nitrogens is 3. The monoisotopic (exact) mass is 243 g/mol. The van der Waals surface area contributed by atoms with E-state index in [0.29, 0.717) is 0 Å². The molecule has 0 spiro atoms. The second kappa shape index (κ2) is 3.96. The number of carboxylic acids is 1. The van der Waals surface area contributed by atoms with Gasteiger partial charge in [0.25, 0.3) is 6.43 Å². The zero-order valence-corrected chi connectivity index (χ0v) is 8.59. The van der Waals surface area contributed by atoms with E-state index in [1.165, 1.54) is 12.5 Å². The lowest BCUT2D eigenvalue weighted by atomic mass is 10.3. The van der Waals surface area contributed by atoms with Gasteiger partial charge >= 0.3 is 5.97 Å². The summed E-state index contributed by atoms with van der Waals surface area (Å²) < 4.78 is 31.3. The topological polar surface area (TPSA) is 81.2 Å². The van der Waals surface area contributed by atoms with Crippen molar-refractivity contribution in [2.24, 2.45) is 7.05 Å². The lowest BCUT2D eigenvalue weighted by Crippen LogP contribution is -1.99. The fraction of sp³-hybridized carbons (Fsp3) is 0.222. The third-order valence-electron chi connectivity index (χ3n) is 1.98. The molecule has 0 aliphatic heterocycles. The minimum Gasteiger partial charge on any atom is -0.475 e. The van der Waals surface area contributed by atoms with Crippen LogP contribution in [0.4, 0.5) is 8.78 Å². The van der Waals surface area contributed by atoms with Gasteiger partial charge in [-0.05, 0) is 0 Å². The highest BCUT2D eigenvalue weighted by Crippen LogP contribution is 2.27. The molecule has 0 radical (unpaired) electrons. The number of carbonyl (C=O) groups is 1. The number of halogens is 2. The van der Waals surface area contributed by atoms with Crippen LogP contribution in [0.25, 0.3) is 11.6 Å². The van der Waals surface area contributed by atoms with Gasteiger partial charge in [0.05, 0.1) is 6.33 Å². The highest BCUT2D eigenvalue weighted by Gasteiger charge is 2.27. The van der Waals surface area contributed by atoms with Crippen molar-refractivity contribution < 1.29 is 23.1 Å². The van der Waals surface area contributed by atoms with Crippen molar-refractivity contribution >= 4 is 5.97 Å². The standard InChI is InChI=1S/C9H7F2N3O3/c1-14-2-4(12-3-14)8-13-5(7(10)11)6(17-8)9(15)16/h2-3,7H,1H3,(H,15,16). The normalized spacial score (nSPS) is 11.1. The van der Waals surface area contributed by atoms with E-state index in [0.717, 1.165) is 0 Å². The summed E-state index contributed by atoms with van der Waals surface area (Å²) in [6.45, 7) is 0. The Hall–Kier alpha value is -2.25. The zero-order chi connectivity index (χ0) is 12.6. The summed E-state index contributed by atoms with van der Waals surface area (Å²) in [6.07, 6.45) is -0.114. The molecular weight excluding hydrogens is 236 g/mol. The van der Waals surface area contributed by atoms with Crippen LogP contribution in [-0.4, -0.2) is 25.6 Å². The number of aromatic carboxylic acids is 1. The molecule has 17 heavy (non-hydrogen) atoms. The molecule has 0 fully saturated rings. The van der Waals surface area contributed by atoms with Crippen LogP contribution in [0, 0.1) is 0 Å². The van der Waals surface area contributed by atoms with E-state index >= 15 is 0 Å². The van der Waals surface area contributed by atoms with Crippen molar-refractivity contribution in [2.45, 2.75) is 6.43 Å². The molecule has 90 valence electrons. The number of hydrogen-bond acceptors (Lipinski definition) is 4. The van der Waals surface area contributed by atoms with E-state index in [4.69, 9.17) is 9.52 Å². The van der Waals surface area contributed by atoms with E-state index in [1.807, 2.05) is 0 Å². The molecule has 2 rings (SSSR count). The summed E-state index contributed by atoms with van der Waals surface area (Å²) in [6, 6.07) is 0. The Morgan fingerprint density at radius 3 is 2.71 bits per heavy atom. The number of hydrogen-bond donors (Lipinski definition) is 1. The second-order valence-corrected chi connectivity index (χ2v) is 3.26. The SMILES string of the molecule is Cn1cnc(-c2nc(C(F)F)c(C(=O)O)o2)c1. The lowest BCUT2D eigenvalue weighted by molar-refractivity contribution is 0.0647. The highest BCUT2D eigenvalue weighted by atomic mass is 19.3. The molecule has 0 saturated carbocycles. The number of aryl methyl sites for hydroxylation is 1. The third-order valence-corrected chi connectivity index (χ3v) is 1.98. The van der Waals surface area contributed by atoms with Crippen molar-refractivity contribution in [3.05, 3.63) is 24.0 Å². The predicted octanol–water partition coefficient (Wildman–Crippen LogP) is 1.71. The molecule has 0 bridgehead atoms. The zero-order valence-electron chi connectivity index (χ0n) is 8.59. The van der Waals surface area contributed by atoms with E-state index in [9.17, 15) is 13.6 Å². The smallest absolute Gasteiger partial charge is 0.374 e. The molecule has 0 aliphatic carbocycles. The molecule has 8 heteroatoms. The van der Waals surface area contributed by atoms with Crippen molar-refractivity contribution in [1.29, 1.82) is 0 Å². The number of oxazole rings is 1. The third kappa shape index (κ3) is 2.01. The molecule has 2 aromatic rings. The van der Waals surface area contributed by atoms with Crippen LogP contribution < -0.4 is 0 Å². The molecule has 0 aliphatic rings. The van der Waals surface area contributed by atoms with Crippen molar-refractivity contribution in [2.75, 3.05) is 0 Å². The quantitative estimate of drug-likeness (QED) is 0.887. The molecule has 2 heterocycles. The number of alkyl halides is 2. The van der Waals surface area contributed by atoms with E-state index in [-0.39, 0.29) is 11.6 Å². The van der Waals surface area contributed by atoms with Crippen molar-refractivity contribution in [3.8, 4) is 11.6 Å². The molecule has 0 unspecified atom stereocenters. The summed E-state index contributed by atoms with van der Waals surface area (Å²) in [4.78, 5) is 18.0. The van der Waals surface area contributed by atoms with Crippen molar-refractivity contribution in [1.82, 2.24) is 14.5 Å². The highest BCUT2D eigenvalue weighted by molar-refractivity contribution is 5.86. The van der Waals surface area contributed by atoms with Gasteiger partial charge in [0.1, 0.15) is 5.69 Å². The Morgan fingerprint density at radius 1 is 1.59 bits per heavy atom. The van der Waals surface area contributed by atoms with Gasteiger partial charge in [0.2, 0.25) is 11.7 Å². The fourth-order valence-corrected chi connectivity index (χ4v) is 1.27. The van der Waals surface area contributed by atoms with Gasteiger partial charge in [-0.1, -0.05) is 0 Å². The Labute approximate surface area is 93.5 Å². The summed E-state index contributed by atoms with van der Waals surface area (Å²) in [7, 11) is 1.67. The Balaban J connectivity index is 2.50. The maximum Gasteiger partial charge on any atom is 0.374 e. The Kier molecular flexibility index (Phi) is 2.62. The van der Waals surface area contributed by atoms with E-state index in [2.05, 4.69) is 9.97 Å². The summed E-state index contributed by atoms with van der Waals surface area (Å²) >= 11 is 0. The van der Waals surface area contributed by atoms with Gasteiger partial charge in [0.15, 0.2) is 5.69 Å². The molecule has 0 atom stereocenters. The van der Waals surface area contributed by atoms with Crippen LogP contribution in [0.2, 0.25) is 0 Å². The minimum atomic E-state index is -3.01. The first-order chi connectivity index (χ1) is 7.99. The summed E-state index contributed by atoms with van der Waals surface area (Å²) in [5.74, 6) is -2.69. The first-order valence-corrected chi connectivity index (χ1v) is 4.49. The molecule has 6 nitrogen and oxygen atoms in total. The fourth-order valence-electron chi connectivity index (χ4n) is 1.27. The molecular formula is C9H7F2N3O3. The van der Waals surface area contributed by atoms with Crippen LogP contribution in [0.15, 0.2) is 16.9 Å². The minimum absolute atomic E-state index is 0.196. The number of imidazole rings is 1. The first-order valence-electron chi connectivity index (χ1n) is 4.49.